The van der Waals surface area contributed by atoms with Crippen LogP contribution in [0.1, 0.15) is 0 Å². The molecular weight excluding hydrogens is 793 g/mol. The summed E-state index contributed by atoms with van der Waals surface area (Å²) in [6.07, 6.45) is 0. The van der Waals surface area contributed by atoms with E-state index in [0.29, 0.717) is 17.6 Å². The lowest BCUT2D eigenvalue weighted by Crippen LogP contribution is -2.07. The van der Waals surface area contributed by atoms with Gasteiger partial charge in [-0.15, -0.1) is 0 Å². The normalized spacial score (nSPS) is 11.7. The molecule has 0 fully saturated rings. The number of benzene rings is 9. The highest BCUT2D eigenvalue weighted by atomic mass is 15.2. The second-order valence-electron chi connectivity index (χ2n) is 16.5. The summed E-state index contributed by atoms with van der Waals surface area (Å²) in [7, 11) is 0. The largest absolute Gasteiger partial charge is 0.306 e. The molecule has 0 aliphatic heterocycles. The molecule has 304 valence electrons. The van der Waals surface area contributed by atoms with Gasteiger partial charge >= 0.3 is 0 Å². The number of fused-ring (bicyclic) bond motifs is 8. The number of hydrogen-bond acceptors (Lipinski definition) is 3. The fourth-order valence-corrected chi connectivity index (χ4v) is 9.73. The van der Waals surface area contributed by atoms with Gasteiger partial charge in [0.2, 0.25) is 5.95 Å². The molecule has 9 aromatic carbocycles. The molecule has 65 heavy (non-hydrogen) atoms. The van der Waals surface area contributed by atoms with Crippen LogP contribution in [-0.2, 0) is 0 Å². The molecule has 0 aliphatic rings. The minimum Gasteiger partial charge on any atom is -0.306 e. The predicted molar refractivity (Wildman–Crippen MR) is 267 cm³/mol. The van der Waals surface area contributed by atoms with Gasteiger partial charge in [0.25, 0.3) is 0 Å². The molecule has 13 rings (SSSR count). The zero-order chi connectivity index (χ0) is 42.8. The zero-order valence-corrected chi connectivity index (χ0v) is 35.1. The van der Waals surface area contributed by atoms with Gasteiger partial charge in [-0.05, 0) is 87.6 Å². The Morgan fingerprint density at radius 2 is 0.708 bits per heavy atom. The Morgan fingerprint density at radius 1 is 0.262 bits per heavy atom. The molecule has 6 heteroatoms. The third kappa shape index (κ3) is 5.99. The lowest BCUT2D eigenvalue weighted by molar-refractivity contribution is 0.953. The molecule has 0 N–H and O–H groups in total. The Bertz CT molecular complexity index is 3940. The molecule has 0 unspecified atom stereocenters. The highest BCUT2D eigenvalue weighted by Crippen LogP contribution is 2.45. The first-order valence-corrected chi connectivity index (χ1v) is 21.9. The minimum atomic E-state index is 0.536. The van der Waals surface area contributed by atoms with Gasteiger partial charge in [-0.3, -0.25) is 4.57 Å². The number of aromatic nitrogens is 6. The summed E-state index contributed by atoms with van der Waals surface area (Å²) in [5.41, 5.74) is 14.8. The van der Waals surface area contributed by atoms with Crippen LogP contribution >= 0.6 is 0 Å². The smallest absolute Gasteiger partial charge is 0.238 e. The van der Waals surface area contributed by atoms with Gasteiger partial charge in [0, 0.05) is 33.3 Å². The molecule has 0 aliphatic carbocycles. The van der Waals surface area contributed by atoms with Crippen LogP contribution in [0.25, 0.3) is 117 Å². The molecule has 0 saturated heterocycles. The first kappa shape index (κ1) is 36.8. The standard InChI is InChI=1S/C59H38N6/c1-4-18-39(19-5-1)42-22-16-24-45(37-42)57-60-58(46-25-17-23-43(38-46)44-35-34-40-20-10-11-21-41(40)36-44)62-59(61-57)65-52-33-15-13-31-50(52)54-56(65)55-53(64(54)48-28-8-3-9-29-48)49-30-12-14-32-51(49)63(55)47-26-6-2-7-27-47/h1-38H. The van der Waals surface area contributed by atoms with E-state index in [1.54, 1.807) is 0 Å². The third-order valence-electron chi connectivity index (χ3n) is 12.7. The lowest BCUT2D eigenvalue weighted by Gasteiger charge is -2.13. The Labute approximate surface area is 374 Å². The van der Waals surface area contributed by atoms with E-state index >= 15 is 0 Å². The average molecular weight is 831 g/mol. The number of para-hydroxylation sites is 4. The molecule has 0 atom stereocenters. The molecule has 0 amide bonds. The zero-order valence-electron chi connectivity index (χ0n) is 35.1. The van der Waals surface area contributed by atoms with Crippen molar-refractivity contribution in [2.45, 2.75) is 0 Å². The van der Waals surface area contributed by atoms with E-state index in [9.17, 15) is 0 Å². The molecule has 0 radical (unpaired) electrons. The average Bonchev–Trinajstić information content (AvgIpc) is 4.02. The van der Waals surface area contributed by atoms with Gasteiger partial charge in [-0.2, -0.15) is 9.97 Å². The molecule has 4 heterocycles. The molecular formula is C59H38N6. The van der Waals surface area contributed by atoms with Gasteiger partial charge < -0.3 is 9.13 Å². The van der Waals surface area contributed by atoms with E-state index in [1.165, 1.54) is 10.8 Å². The van der Waals surface area contributed by atoms with Gasteiger partial charge in [-0.1, -0.05) is 176 Å². The summed E-state index contributed by atoms with van der Waals surface area (Å²) in [6.45, 7) is 0. The third-order valence-corrected chi connectivity index (χ3v) is 12.7. The second-order valence-corrected chi connectivity index (χ2v) is 16.5. The number of rotatable bonds is 7. The van der Waals surface area contributed by atoms with Crippen molar-refractivity contribution >= 4 is 54.6 Å². The van der Waals surface area contributed by atoms with Crippen molar-refractivity contribution in [1.29, 1.82) is 0 Å². The topological polar surface area (TPSA) is 53.5 Å². The van der Waals surface area contributed by atoms with E-state index in [0.717, 1.165) is 88.6 Å². The van der Waals surface area contributed by atoms with Crippen LogP contribution in [0.2, 0.25) is 0 Å². The Morgan fingerprint density at radius 3 is 1.34 bits per heavy atom. The van der Waals surface area contributed by atoms with E-state index in [2.05, 4.69) is 238 Å². The summed E-state index contributed by atoms with van der Waals surface area (Å²) in [6, 6.07) is 81.4. The monoisotopic (exact) mass is 830 g/mol. The van der Waals surface area contributed by atoms with E-state index in [4.69, 9.17) is 15.0 Å². The fourth-order valence-electron chi connectivity index (χ4n) is 9.73. The van der Waals surface area contributed by atoms with Crippen molar-refractivity contribution in [1.82, 2.24) is 28.7 Å². The minimum absolute atomic E-state index is 0.536. The number of nitrogens with zero attached hydrogens (tertiary/aromatic N) is 6. The van der Waals surface area contributed by atoms with E-state index < -0.39 is 0 Å². The summed E-state index contributed by atoms with van der Waals surface area (Å²) in [4.78, 5) is 16.3. The van der Waals surface area contributed by atoms with Crippen molar-refractivity contribution in [2.24, 2.45) is 0 Å². The van der Waals surface area contributed by atoms with Gasteiger partial charge in [0.05, 0.1) is 27.6 Å². The molecule has 0 saturated carbocycles. The summed E-state index contributed by atoms with van der Waals surface area (Å²) < 4.78 is 7.11. The van der Waals surface area contributed by atoms with E-state index in [1.807, 2.05) is 6.07 Å². The van der Waals surface area contributed by atoms with Crippen LogP contribution in [0.3, 0.4) is 0 Å². The van der Waals surface area contributed by atoms with Gasteiger partial charge in [0.1, 0.15) is 5.52 Å². The molecule has 13 aromatic rings. The molecule has 0 bridgehead atoms. The van der Waals surface area contributed by atoms with Crippen LogP contribution in [0.5, 0.6) is 0 Å². The Kier molecular flexibility index (Phi) is 8.42. The predicted octanol–water partition coefficient (Wildman–Crippen LogP) is 14.7. The van der Waals surface area contributed by atoms with Crippen LogP contribution < -0.4 is 0 Å². The van der Waals surface area contributed by atoms with Crippen LogP contribution in [0.4, 0.5) is 0 Å². The molecule has 6 nitrogen and oxygen atoms in total. The summed E-state index contributed by atoms with van der Waals surface area (Å²) in [5.74, 6) is 1.72. The first-order valence-electron chi connectivity index (χ1n) is 21.9. The second kappa shape index (κ2) is 14.9. The molecule has 0 spiro atoms. The maximum Gasteiger partial charge on any atom is 0.238 e. The highest BCUT2D eigenvalue weighted by Gasteiger charge is 2.29. The number of hydrogen-bond donors (Lipinski definition) is 0. The SMILES string of the molecule is c1ccc(-c2cccc(-c3nc(-c4cccc(-c5ccc6ccccc6c5)c4)nc(-n4c5ccccc5c5c4c4c(c6ccccc6n4-c4ccccc4)n5-c4ccccc4)n3)c2)cc1. The van der Waals surface area contributed by atoms with Crippen molar-refractivity contribution < 1.29 is 0 Å². The van der Waals surface area contributed by atoms with Gasteiger partial charge in [0.15, 0.2) is 11.6 Å². The lowest BCUT2D eigenvalue weighted by atomic mass is 9.99. The maximum absolute atomic E-state index is 5.50. The van der Waals surface area contributed by atoms with Crippen molar-refractivity contribution in [2.75, 3.05) is 0 Å². The fraction of sp³-hybridized carbons (Fsp3) is 0. The van der Waals surface area contributed by atoms with Crippen molar-refractivity contribution in [3.05, 3.63) is 231 Å². The first-order chi connectivity index (χ1) is 32.2. The van der Waals surface area contributed by atoms with Crippen molar-refractivity contribution in [3.8, 4) is 62.4 Å². The van der Waals surface area contributed by atoms with Crippen molar-refractivity contribution in [3.63, 3.8) is 0 Å². The quantitative estimate of drug-likeness (QED) is 0.161. The van der Waals surface area contributed by atoms with Gasteiger partial charge in [-0.25, -0.2) is 4.98 Å². The summed E-state index contributed by atoms with van der Waals surface area (Å²) >= 11 is 0. The Hall–Kier alpha value is -8.87. The maximum atomic E-state index is 5.50. The van der Waals surface area contributed by atoms with E-state index in [-0.39, 0.29) is 0 Å². The highest BCUT2D eigenvalue weighted by molar-refractivity contribution is 6.25. The van der Waals surface area contributed by atoms with Crippen LogP contribution in [-0.4, -0.2) is 28.7 Å². The Balaban J connectivity index is 1.14. The summed E-state index contributed by atoms with van der Waals surface area (Å²) in [5, 5.41) is 4.66. The van der Waals surface area contributed by atoms with Crippen LogP contribution in [0.15, 0.2) is 231 Å². The molecule has 4 aromatic heterocycles. The van der Waals surface area contributed by atoms with Crippen LogP contribution in [0, 0.1) is 0 Å².